The number of nitrogens with two attached hydrogens (primary N) is 2. The molecule has 1 aliphatic rings. The molecule has 4 rings (SSSR count). The zero-order valence-electron chi connectivity index (χ0n) is 18.2. The number of benzene rings is 2. The maximum atomic E-state index is 13.1. The number of carbonyl (C=O) groups excluding carboxylic acids is 2. The van der Waals surface area contributed by atoms with Gasteiger partial charge in [0.15, 0.2) is 0 Å². The summed E-state index contributed by atoms with van der Waals surface area (Å²) in [5, 5.41) is 3.25. The Morgan fingerprint density at radius 3 is 2.50 bits per heavy atom. The topological polar surface area (TPSA) is 127 Å². The van der Waals surface area contributed by atoms with Crippen LogP contribution in [0.5, 0.6) is 0 Å². The maximum Gasteiger partial charge on any atom is 0.223 e. The van der Waals surface area contributed by atoms with Gasteiger partial charge in [-0.1, -0.05) is 36.4 Å². The average Bonchev–Trinajstić information content (AvgIpc) is 3.22. The third-order valence-corrected chi connectivity index (χ3v) is 6.42. The van der Waals surface area contributed by atoms with Crippen molar-refractivity contribution in [3.05, 3.63) is 65.5 Å². The van der Waals surface area contributed by atoms with E-state index in [9.17, 15) is 9.59 Å². The van der Waals surface area contributed by atoms with E-state index >= 15 is 0 Å². The van der Waals surface area contributed by atoms with E-state index in [-0.39, 0.29) is 30.2 Å². The van der Waals surface area contributed by atoms with E-state index in [0.717, 1.165) is 47.8 Å². The number of hydrogen-bond acceptors (Lipinski definition) is 4. The highest BCUT2D eigenvalue weighted by atomic mass is 16.2. The lowest BCUT2D eigenvalue weighted by atomic mass is 9.81. The first-order valence-corrected chi connectivity index (χ1v) is 11.3. The summed E-state index contributed by atoms with van der Waals surface area (Å²) in [5.74, 6) is 0.967. The highest BCUT2D eigenvalue weighted by Crippen LogP contribution is 2.29. The zero-order chi connectivity index (χ0) is 22.5. The number of H-pyrrole nitrogens is 1. The maximum absolute atomic E-state index is 13.1. The van der Waals surface area contributed by atoms with Gasteiger partial charge in [-0.2, -0.15) is 0 Å². The average molecular weight is 434 g/mol. The molecule has 7 nitrogen and oxygen atoms in total. The van der Waals surface area contributed by atoms with E-state index in [0.29, 0.717) is 24.7 Å². The number of aromatic nitrogens is 2. The molecule has 0 spiro atoms. The van der Waals surface area contributed by atoms with E-state index in [1.165, 1.54) is 0 Å². The first kappa shape index (κ1) is 22.0. The van der Waals surface area contributed by atoms with Gasteiger partial charge in [0, 0.05) is 5.92 Å². The Hall–Kier alpha value is -3.19. The molecule has 2 amide bonds. The number of primary amides is 1. The molecule has 7 heteroatoms. The van der Waals surface area contributed by atoms with E-state index in [4.69, 9.17) is 16.5 Å². The fourth-order valence-electron chi connectivity index (χ4n) is 4.57. The predicted octanol–water partition coefficient (Wildman–Crippen LogP) is 2.76. The van der Waals surface area contributed by atoms with Gasteiger partial charge >= 0.3 is 0 Å². The summed E-state index contributed by atoms with van der Waals surface area (Å²) in [6.45, 7) is 0.696. The summed E-state index contributed by atoms with van der Waals surface area (Å²) in [6.07, 6.45) is 4.58. The Morgan fingerprint density at radius 1 is 1.06 bits per heavy atom. The second-order valence-corrected chi connectivity index (χ2v) is 8.82. The van der Waals surface area contributed by atoms with Crippen LogP contribution < -0.4 is 16.8 Å². The van der Waals surface area contributed by atoms with Gasteiger partial charge < -0.3 is 21.8 Å². The largest absolute Gasteiger partial charge is 0.369 e. The number of rotatable bonds is 8. The molecule has 1 atom stereocenters. The molecule has 1 saturated carbocycles. The van der Waals surface area contributed by atoms with Gasteiger partial charge in [0.2, 0.25) is 11.8 Å². The summed E-state index contributed by atoms with van der Waals surface area (Å²) in [6, 6.07) is 15.4. The minimum absolute atomic E-state index is 0.0163. The Morgan fingerprint density at radius 2 is 1.81 bits per heavy atom. The van der Waals surface area contributed by atoms with Crippen LogP contribution in [0.25, 0.3) is 11.0 Å². The van der Waals surface area contributed by atoms with Crippen LogP contribution in [-0.4, -0.2) is 28.3 Å². The second kappa shape index (κ2) is 9.96. The number of amides is 2. The van der Waals surface area contributed by atoms with Crippen molar-refractivity contribution >= 4 is 22.8 Å². The minimum atomic E-state index is -0.373. The van der Waals surface area contributed by atoms with Gasteiger partial charge in [-0.25, -0.2) is 4.98 Å². The van der Waals surface area contributed by atoms with Gasteiger partial charge in [-0.05, 0) is 67.8 Å². The fraction of sp³-hybridized carbons (Fsp3) is 0.400. The monoisotopic (exact) mass is 433 g/mol. The van der Waals surface area contributed by atoms with Gasteiger partial charge in [-0.15, -0.1) is 0 Å². The normalized spacial score (nSPS) is 19.5. The van der Waals surface area contributed by atoms with Gasteiger partial charge in [0.25, 0.3) is 0 Å². The Balaban J connectivity index is 1.56. The number of aromatic amines is 1. The van der Waals surface area contributed by atoms with Crippen molar-refractivity contribution in [2.24, 2.45) is 23.3 Å². The quantitative estimate of drug-likeness (QED) is 0.435. The van der Waals surface area contributed by atoms with Crippen LogP contribution in [0, 0.1) is 11.8 Å². The van der Waals surface area contributed by atoms with Crippen molar-refractivity contribution in [3.63, 3.8) is 0 Å². The molecule has 32 heavy (non-hydrogen) atoms. The molecular weight excluding hydrogens is 402 g/mol. The number of carbonyl (C=O) groups is 2. The summed E-state index contributed by atoms with van der Waals surface area (Å²) >= 11 is 0. The molecule has 6 N–H and O–H groups in total. The number of hydrogen-bond donors (Lipinski definition) is 4. The molecule has 0 aliphatic heterocycles. The standard InChI is InChI=1S/C25H31N5O2/c26-15-17-6-9-19(10-7-17)25(32)30-22(12-16-4-2-1-3-5-16)24-28-20-11-8-18(14-23(27)31)13-21(20)29-24/h1-5,8,11,13,17,19,22H,6-7,9-10,12,14-15,26H2,(H2,27,31)(H,28,29)(H,30,32)/t17?,19?,22-/m0/s1. The lowest BCUT2D eigenvalue weighted by Gasteiger charge is -2.28. The van der Waals surface area contributed by atoms with Crippen molar-refractivity contribution in [1.82, 2.24) is 15.3 Å². The summed E-state index contributed by atoms with van der Waals surface area (Å²) in [4.78, 5) is 32.5. The highest BCUT2D eigenvalue weighted by molar-refractivity contribution is 5.81. The predicted molar refractivity (Wildman–Crippen MR) is 125 cm³/mol. The van der Waals surface area contributed by atoms with Gasteiger partial charge in [0.1, 0.15) is 5.82 Å². The Bertz CT molecular complexity index is 1070. The molecular formula is C25H31N5O2. The summed E-state index contributed by atoms with van der Waals surface area (Å²) < 4.78 is 0. The van der Waals surface area contributed by atoms with Crippen LogP contribution >= 0.6 is 0 Å². The second-order valence-electron chi connectivity index (χ2n) is 8.82. The molecule has 168 valence electrons. The lowest BCUT2D eigenvalue weighted by Crippen LogP contribution is -2.37. The van der Waals surface area contributed by atoms with Crippen LogP contribution in [0.2, 0.25) is 0 Å². The molecule has 1 aliphatic carbocycles. The molecule has 2 aromatic carbocycles. The van der Waals surface area contributed by atoms with Crippen LogP contribution in [0.4, 0.5) is 0 Å². The number of nitrogens with one attached hydrogen (secondary N) is 2. The Labute approximate surface area is 188 Å². The van der Waals surface area contributed by atoms with Crippen LogP contribution in [0.3, 0.4) is 0 Å². The van der Waals surface area contributed by atoms with E-state index in [1.54, 1.807) is 0 Å². The highest BCUT2D eigenvalue weighted by Gasteiger charge is 2.28. The summed E-state index contributed by atoms with van der Waals surface area (Å²) in [5.41, 5.74) is 14.7. The third kappa shape index (κ3) is 5.34. The van der Waals surface area contributed by atoms with E-state index in [1.807, 2.05) is 36.4 Å². The smallest absolute Gasteiger partial charge is 0.223 e. The Kier molecular flexibility index (Phi) is 6.85. The van der Waals surface area contributed by atoms with Crippen molar-refractivity contribution in [2.75, 3.05) is 6.54 Å². The van der Waals surface area contributed by atoms with Crippen molar-refractivity contribution in [2.45, 2.75) is 44.6 Å². The van der Waals surface area contributed by atoms with Crippen molar-refractivity contribution in [1.29, 1.82) is 0 Å². The summed E-state index contributed by atoms with van der Waals surface area (Å²) in [7, 11) is 0. The van der Waals surface area contributed by atoms with E-state index < -0.39 is 0 Å². The molecule has 1 fully saturated rings. The molecule has 3 aromatic rings. The van der Waals surface area contributed by atoms with Crippen LogP contribution in [0.1, 0.15) is 48.7 Å². The first-order chi connectivity index (χ1) is 15.5. The molecule has 0 unspecified atom stereocenters. The van der Waals surface area contributed by atoms with Crippen molar-refractivity contribution in [3.8, 4) is 0 Å². The SMILES string of the molecule is NCC1CCC(C(=O)N[C@@H](Cc2ccccc2)c2nc3ccc(CC(N)=O)cc3[nH]2)CC1. The van der Waals surface area contributed by atoms with Gasteiger partial charge in [-0.3, -0.25) is 9.59 Å². The van der Waals surface area contributed by atoms with Crippen molar-refractivity contribution < 1.29 is 9.59 Å². The van der Waals surface area contributed by atoms with Crippen LogP contribution in [-0.2, 0) is 22.4 Å². The molecule has 0 radical (unpaired) electrons. The number of imidazole rings is 1. The zero-order valence-corrected chi connectivity index (χ0v) is 18.2. The first-order valence-electron chi connectivity index (χ1n) is 11.3. The van der Waals surface area contributed by atoms with Crippen LogP contribution in [0.15, 0.2) is 48.5 Å². The number of nitrogens with zero attached hydrogens (tertiary/aromatic N) is 1. The lowest BCUT2D eigenvalue weighted by molar-refractivity contribution is -0.127. The fourth-order valence-corrected chi connectivity index (χ4v) is 4.57. The van der Waals surface area contributed by atoms with Gasteiger partial charge in [0.05, 0.1) is 23.5 Å². The molecule has 1 heterocycles. The third-order valence-electron chi connectivity index (χ3n) is 6.42. The minimum Gasteiger partial charge on any atom is -0.369 e. The number of fused-ring (bicyclic) bond motifs is 1. The molecule has 1 aromatic heterocycles. The van der Waals surface area contributed by atoms with E-state index in [2.05, 4.69) is 22.4 Å². The molecule has 0 saturated heterocycles. The molecule has 0 bridgehead atoms.